The average molecular weight is 162 g/mol. The summed E-state index contributed by atoms with van der Waals surface area (Å²) in [5.41, 5.74) is 1.95. The van der Waals surface area contributed by atoms with Crippen LogP contribution in [-0.4, -0.2) is 20.4 Å². The van der Waals surface area contributed by atoms with Crippen LogP contribution in [0.2, 0.25) is 0 Å². The Morgan fingerprint density at radius 3 is 2.92 bits per heavy atom. The van der Waals surface area contributed by atoms with Gasteiger partial charge in [0, 0.05) is 5.39 Å². The second kappa shape index (κ2) is 2.55. The van der Waals surface area contributed by atoms with Crippen molar-refractivity contribution in [3.8, 4) is 0 Å². The molecule has 4 nitrogen and oxygen atoms in total. The Labute approximate surface area is 70.0 Å². The Balaban J connectivity index is 2.73. The minimum atomic E-state index is 0.388. The molecule has 4 heteroatoms. The summed E-state index contributed by atoms with van der Waals surface area (Å²) in [4.78, 5) is 0. The number of nitrogens with one attached hydrogen (secondary N) is 1. The number of nitrogens with zero attached hydrogens (tertiary/aromatic N) is 3. The van der Waals surface area contributed by atoms with Gasteiger partial charge in [0.1, 0.15) is 0 Å². The van der Waals surface area contributed by atoms with E-state index < -0.39 is 0 Å². The van der Waals surface area contributed by atoms with Gasteiger partial charge in [-0.3, -0.25) is 5.10 Å². The molecule has 12 heavy (non-hydrogen) atoms. The number of rotatable bonds is 1. The van der Waals surface area contributed by atoms with Crippen molar-refractivity contribution in [1.29, 1.82) is 0 Å². The molecule has 0 aliphatic rings. The second-order valence-corrected chi connectivity index (χ2v) is 3.08. The molecular formula is C8H10N4. The molecule has 0 spiro atoms. The van der Waals surface area contributed by atoms with Crippen molar-refractivity contribution in [2.45, 2.75) is 19.8 Å². The zero-order valence-corrected chi connectivity index (χ0v) is 7.07. The molecule has 2 rings (SSSR count). The van der Waals surface area contributed by atoms with Crippen LogP contribution in [0.3, 0.4) is 0 Å². The van der Waals surface area contributed by atoms with E-state index in [9.17, 15) is 0 Å². The maximum Gasteiger partial charge on any atom is 0.0870 e. The Morgan fingerprint density at radius 2 is 2.17 bits per heavy atom. The molecule has 0 saturated carbocycles. The predicted octanol–water partition coefficient (Wildman–Crippen LogP) is 1.48. The van der Waals surface area contributed by atoms with Crippen molar-refractivity contribution >= 4 is 10.9 Å². The topological polar surface area (TPSA) is 54.5 Å². The average Bonchev–Trinajstić information content (AvgIpc) is 2.49. The summed E-state index contributed by atoms with van der Waals surface area (Å²) >= 11 is 0. The number of H-pyrrole nitrogens is 1. The Morgan fingerprint density at radius 1 is 1.33 bits per heavy atom. The number of hydrogen-bond acceptors (Lipinski definition) is 3. The lowest BCUT2D eigenvalue weighted by molar-refractivity contribution is 0.799. The van der Waals surface area contributed by atoms with Gasteiger partial charge in [-0.05, 0) is 5.92 Å². The molecule has 2 aromatic heterocycles. The van der Waals surface area contributed by atoms with Gasteiger partial charge < -0.3 is 0 Å². The third-order valence-electron chi connectivity index (χ3n) is 1.84. The van der Waals surface area contributed by atoms with Crippen LogP contribution in [0.25, 0.3) is 10.9 Å². The van der Waals surface area contributed by atoms with Gasteiger partial charge >= 0.3 is 0 Å². The van der Waals surface area contributed by atoms with E-state index in [4.69, 9.17) is 0 Å². The van der Waals surface area contributed by atoms with Gasteiger partial charge in [0.2, 0.25) is 0 Å². The minimum absolute atomic E-state index is 0.388. The van der Waals surface area contributed by atoms with Crippen LogP contribution in [0.4, 0.5) is 0 Å². The van der Waals surface area contributed by atoms with E-state index in [0.717, 1.165) is 16.6 Å². The van der Waals surface area contributed by atoms with Crippen molar-refractivity contribution in [3.63, 3.8) is 0 Å². The molecule has 0 fully saturated rings. The maximum absolute atomic E-state index is 4.07. The van der Waals surface area contributed by atoms with Crippen molar-refractivity contribution in [3.05, 3.63) is 18.1 Å². The van der Waals surface area contributed by atoms with Crippen LogP contribution < -0.4 is 0 Å². The monoisotopic (exact) mass is 162 g/mol. The highest BCUT2D eigenvalue weighted by Gasteiger charge is 2.07. The smallest absolute Gasteiger partial charge is 0.0870 e. The van der Waals surface area contributed by atoms with Gasteiger partial charge in [-0.25, -0.2) is 0 Å². The summed E-state index contributed by atoms with van der Waals surface area (Å²) in [7, 11) is 0. The highest BCUT2D eigenvalue weighted by molar-refractivity contribution is 5.79. The highest BCUT2D eigenvalue weighted by Crippen LogP contribution is 2.19. The molecule has 0 atom stereocenters. The molecule has 2 aromatic rings. The lowest BCUT2D eigenvalue weighted by Gasteiger charge is -2.02. The number of fused-ring (bicyclic) bond motifs is 1. The van der Waals surface area contributed by atoms with Gasteiger partial charge in [-0.1, -0.05) is 13.8 Å². The van der Waals surface area contributed by atoms with E-state index in [1.165, 1.54) is 0 Å². The third-order valence-corrected chi connectivity index (χ3v) is 1.84. The third kappa shape index (κ3) is 0.958. The Kier molecular flexibility index (Phi) is 1.53. The van der Waals surface area contributed by atoms with E-state index in [0.29, 0.717) is 5.92 Å². The van der Waals surface area contributed by atoms with Crippen LogP contribution in [0.1, 0.15) is 25.5 Å². The first-order valence-electron chi connectivity index (χ1n) is 3.93. The van der Waals surface area contributed by atoms with Gasteiger partial charge in [-0.15, -0.1) is 0 Å². The van der Waals surface area contributed by atoms with Crippen LogP contribution >= 0.6 is 0 Å². The van der Waals surface area contributed by atoms with Crippen molar-refractivity contribution in [2.75, 3.05) is 0 Å². The van der Waals surface area contributed by atoms with Crippen LogP contribution in [0.5, 0.6) is 0 Å². The Hall–Kier alpha value is -1.45. The van der Waals surface area contributed by atoms with E-state index in [-0.39, 0.29) is 0 Å². The van der Waals surface area contributed by atoms with E-state index in [2.05, 4.69) is 34.2 Å². The highest BCUT2D eigenvalue weighted by atomic mass is 15.1. The van der Waals surface area contributed by atoms with E-state index >= 15 is 0 Å². The van der Waals surface area contributed by atoms with Crippen molar-refractivity contribution in [2.24, 2.45) is 0 Å². The zero-order valence-electron chi connectivity index (χ0n) is 7.07. The molecule has 0 aliphatic carbocycles. The van der Waals surface area contributed by atoms with Crippen molar-refractivity contribution in [1.82, 2.24) is 20.4 Å². The molecular weight excluding hydrogens is 152 g/mol. The molecule has 2 heterocycles. The number of aromatic nitrogens is 4. The molecule has 0 radical (unpaired) electrons. The standard InChI is InChI=1S/C8H10N4/c1-5(2)8-6-3-9-11-7(6)4-10-12-8/h3-5H,1-2H3,(H,9,11). The minimum Gasteiger partial charge on any atom is -0.276 e. The Bertz CT molecular complexity index is 391. The fraction of sp³-hybridized carbons (Fsp3) is 0.375. The maximum atomic E-state index is 4.07. The van der Waals surface area contributed by atoms with Gasteiger partial charge in [0.15, 0.2) is 0 Å². The molecule has 0 bridgehead atoms. The fourth-order valence-electron chi connectivity index (χ4n) is 1.23. The quantitative estimate of drug-likeness (QED) is 0.690. The molecule has 0 saturated heterocycles. The molecule has 62 valence electrons. The van der Waals surface area contributed by atoms with Gasteiger partial charge in [0.05, 0.1) is 23.6 Å². The summed E-state index contributed by atoms with van der Waals surface area (Å²) < 4.78 is 0. The van der Waals surface area contributed by atoms with Crippen LogP contribution in [0, 0.1) is 0 Å². The number of aromatic amines is 1. The first-order chi connectivity index (χ1) is 5.79. The number of hydrogen-bond donors (Lipinski definition) is 1. The first kappa shape index (κ1) is 7.21. The molecule has 0 unspecified atom stereocenters. The SMILES string of the molecule is CC(C)c1nncc2[nH]ncc12. The summed E-state index contributed by atoms with van der Waals surface area (Å²) in [5.74, 6) is 0.388. The zero-order chi connectivity index (χ0) is 8.55. The van der Waals surface area contributed by atoms with Crippen LogP contribution in [0.15, 0.2) is 12.4 Å². The lowest BCUT2D eigenvalue weighted by atomic mass is 10.1. The van der Waals surface area contributed by atoms with E-state index in [1.54, 1.807) is 12.4 Å². The first-order valence-corrected chi connectivity index (χ1v) is 3.93. The van der Waals surface area contributed by atoms with Crippen LogP contribution in [-0.2, 0) is 0 Å². The normalized spacial score (nSPS) is 11.2. The second-order valence-electron chi connectivity index (χ2n) is 3.08. The van der Waals surface area contributed by atoms with E-state index in [1.807, 2.05) is 0 Å². The van der Waals surface area contributed by atoms with Gasteiger partial charge in [0.25, 0.3) is 0 Å². The predicted molar refractivity (Wildman–Crippen MR) is 45.8 cm³/mol. The molecule has 0 aliphatic heterocycles. The fourth-order valence-corrected chi connectivity index (χ4v) is 1.23. The molecule has 1 N–H and O–H groups in total. The summed E-state index contributed by atoms with van der Waals surface area (Å²) in [5, 5.41) is 15.8. The summed E-state index contributed by atoms with van der Waals surface area (Å²) in [6.45, 7) is 4.19. The largest absolute Gasteiger partial charge is 0.276 e. The van der Waals surface area contributed by atoms with Crippen molar-refractivity contribution < 1.29 is 0 Å². The molecule has 0 amide bonds. The summed E-state index contributed by atoms with van der Waals surface area (Å²) in [6.07, 6.45) is 3.48. The molecule has 0 aromatic carbocycles. The van der Waals surface area contributed by atoms with Gasteiger partial charge in [-0.2, -0.15) is 15.3 Å². The lowest BCUT2D eigenvalue weighted by Crippen LogP contribution is -1.94. The summed E-state index contributed by atoms with van der Waals surface area (Å²) in [6, 6.07) is 0.